The fraction of sp³-hybridized carbons (Fsp3) is 0.500. The van der Waals surface area contributed by atoms with Crippen LogP contribution in [0.2, 0.25) is 0 Å². The fourth-order valence-electron chi connectivity index (χ4n) is 0.270. The molecule has 2 atom stereocenters. The van der Waals surface area contributed by atoms with Crippen molar-refractivity contribution in [3.05, 3.63) is 0 Å². The number of aliphatic carboxylic acids is 2. The Morgan fingerprint density at radius 3 is 1.00 bits per heavy atom. The molecule has 100 valence electrons. The van der Waals surface area contributed by atoms with Crippen molar-refractivity contribution in [1.29, 1.82) is 0 Å². The van der Waals surface area contributed by atoms with Gasteiger partial charge in [-0.3, -0.25) is 0 Å². The van der Waals surface area contributed by atoms with Gasteiger partial charge in [-0.2, -0.15) is 0 Å². The van der Waals surface area contributed by atoms with Crippen LogP contribution < -0.4 is 51.4 Å². The zero-order valence-corrected chi connectivity index (χ0v) is 19.9. The summed E-state index contributed by atoms with van der Waals surface area (Å²) in [5.41, 5.74) is 0. The molecule has 0 bridgehead atoms. The van der Waals surface area contributed by atoms with Crippen molar-refractivity contribution in [2.24, 2.45) is 0 Å². The van der Waals surface area contributed by atoms with Gasteiger partial charge in [-0.05, 0) is 0 Å². The fourth-order valence-corrected chi connectivity index (χ4v) is 0.270. The number of carbonyl (C=O) groups is 2. The number of aliphatic hydroxyl groups excluding tert-OH is 2. The number of hydrogen-bond acceptors (Lipinski definition) is 4. The molecule has 9 nitrogen and oxygen atoms in total. The van der Waals surface area contributed by atoms with E-state index in [2.05, 4.69) is 0 Å². The van der Waals surface area contributed by atoms with Gasteiger partial charge in [0.05, 0.1) is 0 Å². The van der Waals surface area contributed by atoms with Crippen LogP contribution in [0, 0.1) is 0 Å². The van der Waals surface area contributed by atoms with Crippen LogP contribution in [0.3, 0.4) is 0 Å². The summed E-state index contributed by atoms with van der Waals surface area (Å²) in [6.07, 6.45) is -4.53. The van der Waals surface area contributed by atoms with Crippen molar-refractivity contribution >= 4 is 60.8 Å². The van der Waals surface area contributed by atoms with Crippen LogP contribution in [-0.4, -0.2) is 110 Å². The average Bonchev–Trinajstić information content (AvgIpc) is 1.84. The summed E-state index contributed by atoms with van der Waals surface area (Å²) in [5, 5.41) is 32.5. The Morgan fingerprint density at radius 1 is 0.812 bits per heavy atom. The summed E-state index contributed by atoms with van der Waals surface area (Å²) in [7, 11) is 0. The molecule has 0 aromatic rings. The number of carboxylic acid groups (broad SMARTS) is 2. The van der Waals surface area contributed by atoms with Crippen LogP contribution in [0.5, 0.6) is 0 Å². The van der Waals surface area contributed by atoms with E-state index in [-0.39, 0.29) is 118 Å². The molecule has 10 N–H and O–H groups in total. The molecule has 2 unspecified atom stereocenters. The first kappa shape index (κ1) is 43.0. The molecular weight excluding hydrogens is 475 g/mol. The standard InChI is InChI=1S/C4H6O6.K.3H2O.2Sb.7H/c5-1(3(7)8)2(6)4(9)10;;;;;;;;;;;;;/h1-2,5-6H,(H,7,8)(H,9,10);;3*1H2;;;;;;;;;/q;+1;;;;;;;;;;;;-1. The van der Waals surface area contributed by atoms with Crippen LogP contribution in [0.25, 0.3) is 0 Å². The molecule has 0 rings (SSSR count). The molecule has 12 heteroatoms. The van der Waals surface area contributed by atoms with Crippen molar-refractivity contribution in [2.45, 2.75) is 12.2 Å². The van der Waals surface area contributed by atoms with Crippen molar-refractivity contribution in [1.82, 2.24) is 0 Å². The Morgan fingerprint density at radius 2 is 0.938 bits per heavy atom. The molecule has 0 aliphatic heterocycles. The molecule has 0 amide bonds. The Hall–Kier alpha value is 2.01. The predicted molar refractivity (Wildman–Crippen MR) is 59.1 cm³/mol. The molecular formula is C4H19KO9Sb2. The van der Waals surface area contributed by atoms with Gasteiger partial charge >= 0.3 is 112 Å². The van der Waals surface area contributed by atoms with Crippen LogP contribution in [-0.2, 0) is 9.59 Å². The van der Waals surface area contributed by atoms with Gasteiger partial charge in [0.15, 0.2) is 12.2 Å². The normalized spacial score (nSPS) is 9.88. The SMILES string of the molecule is O.O.O.O=C(O)C(O)C(O)C(=O)O.[H-].[K+].[SbH3].[SbH3]. The number of aliphatic hydroxyl groups is 2. The van der Waals surface area contributed by atoms with Crippen molar-refractivity contribution in [3.8, 4) is 0 Å². The maximum atomic E-state index is 9.77. The predicted octanol–water partition coefficient (Wildman–Crippen LogP) is -9.85. The molecule has 0 spiro atoms. The summed E-state index contributed by atoms with van der Waals surface area (Å²) in [6, 6.07) is 0. The van der Waals surface area contributed by atoms with E-state index in [4.69, 9.17) is 20.4 Å². The minimum absolute atomic E-state index is 0. The van der Waals surface area contributed by atoms with Gasteiger partial charge in [0.1, 0.15) is 0 Å². The molecule has 0 aliphatic rings. The topological polar surface area (TPSA) is 210 Å². The second kappa shape index (κ2) is 22.2. The zero-order chi connectivity index (χ0) is 8.31. The third-order valence-electron chi connectivity index (χ3n) is 0.805. The summed E-state index contributed by atoms with van der Waals surface area (Å²) in [4.78, 5) is 19.5. The number of hydrogen-bond donors (Lipinski definition) is 4. The Kier molecular flexibility index (Phi) is 59.7. The van der Waals surface area contributed by atoms with Gasteiger partial charge in [-0.1, -0.05) is 0 Å². The molecule has 0 fully saturated rings. The van der Waals surface area contributed by atoms with Gasteiger partial charge in [0.25, 0.3) is 0 Å². The Labute approximate surface area is 169 Å². The zero-order valence-electron chi connectivity index (χ0n) is 9.67. The van der Waals surface area contributed by atoms with E-state index < -0.39 is 24.1 Å². The van der Waals surface area contributed by atoms with E-state index in [9.17, 15) is 9.59 Å². The van der Waals surface area contributed by atoms with Crippen molar-refractivity contribution in [3.63, 3.8) is 0 Å². The first-order chi connectivity index (χ1) is 4.46. The van der Waals surface area contributed by atoms with E-state index in [0.717, 1.165) is 0 Å². The third-order valence-corrected chi connectivity index (χ3v) is 0.805. The van der Waals surface area contributed by atoms with Gasteiger partial charge in [0, 0.05) is 0 Å². The van der Waals surface area contributed by atoms with Gasteiger partial charge in [0.2, 0.25) is 0 Å². The molecule has 0 aromatic heterocycles. The summed E-state index contributed by atoms with van der Waals surface area (Å²) < 4.78 is 0. The van der Waals surface area contributed by atoms with Crippen molar-refractivity contribution in [2.75, 3.05) is 0 Å². The van der Waals surface area contributed by atoms with Gasteiger partial charge < -0.3 is 38.3 Å². The van der Waals surface area contributed by atoms with E-state index in [0.29, 0.717) is 0 Å². The van der Waals surface area contributed by atoms with E-state index in [1.807, 2.05) is 0 Å². The maximum absolute atomic E-state index is 9.77. The molecule has 0 aromatic carbocycles. The van der Waals surface area contributed by atoms with Crippen LogP contribution >= 0.6 is 0 Å². The summed E-state index contributed by atoms with van der Waals surface area (Å²) >= 11 is 0. The van der Waals surface area contributed by atoms with Crippen molar-refractivity contribution < 1.29 is 99.3 Å². The van der Waals surface area contributed by atoms with Crippen LogP contribution in [0.4, 0.5) is 0 Å². The number of carboxylic acids is 2. The molecule has 16 heavy (non-hydrogen) atoms. The van der Waals surface area contributed by atoms with E-state index in [1.54, 1.807) is 0 Å². The second-order valence-electron chi connectivity index (χ2n) is 1.57. The first-order valence-electron chi connectivity index (χ1n) is 2.28. The van der Waals surface area contributed by atoms with Gasteiger partial charge in [-0.15, -0.1) is 0 Å². The number of rotatable bonds is 3. The molecule has 0 saturated heterocycles. The van der Waals surface area contributed by atoms with Crippen LogP contribution in [0.1, 0.15) is 1.43 Å². The quantitative estimate of drug-likeness (QED) is 0.280. The molecule has 0 heterocycles. The monoisotopic (exact) mass is 492 g/mol. The molecule has 0 radical (unpaired) electrons. The van der Waals surface area contributed by atoms with Gasteiger partial charge in [-0.25, -0.2) is 9.59 Å². The van der Waals surface area contributed by atoms with E-state index in [1.165, 1.54) is 0 Å². The van der Waals surface area contributed by atoms with E-state index >= 15 is 0 Å². The molecule has 0 aliphatic carbocycles. The first-order valence-corrected chi connectivity index (χ1v) is 2.28. The summed E-state index contributed by atoms with van der Waals surface area (Å²) in [6.45, 7) is 0. The summed E-state index contributed by atoms with van der Waals surface area (Å²) in [5.74, 6) is -3.54. The molecule has 0 saturated carbocycles. The second-order valence-corrected chi connectivity index (χ2v) is 1.57. The Balaban J connectivity index is -0.0000000193. The Bertz CT molecular complexity index is 155. The van der Waals surface area contributed by atoms with Crippen LogP contribution in [0.15, 0.2) is 0 Å². The average molecular weight is 494 g/mol. The minimum atomic E-state index is -2.27. The third kappa shape index (κ3) is 18.4.